The highest BCUT2D eigenvalue weighted by molar-refractivity contribution is 4.79. The van der Waals surface area contributed by atoms with Gasteiger partial charge < -0.3 is 14.7 Å². The first-order valence-corrected chi connectivity index (χ1v) is 4.78. The minimum absolute atomic E-state index is 0.127. The van der Waals surface area contributed by atoms with Crippen LogP contribution in [-0.4, -0.2) is 49.5 Å². The van der Waals surface area contributed by atoms with Gasteiger partial charge in [0, 0.05) is 13.7 Å². The maximum atomic E-state index is 9.57. The zero-order valence-corrected chi connectivity index (χ0v) is 10.1. The van der Waals surface area contributed by atoms with Crippen LogP contribution in [0.3, 0.4) is 0 Å². The van der Waals surface area contributed by atoms with E-state index in [4.69, 9.17) is 4.74 Å². The first-order valence-electron chi connectivity index (χ1n) is 4.78. The molecule has 3 heteroatoms. The molecule has 0 aliphatic carbocycles. The fourth-order valence-electron chi connectivity index (χ4n) is 0.918. The van der Waals surface area contributed by atoms with E-state index in [0.717, 1.165) is 6.54 Å². The van der Waals surface area contributed by atoms with E-state index in [1.807, 2.05) is 32.8 Å². The van der Waals surface area contributed by atoms with E-state index < -0.39 is 5.60 Å². The van der Waals surface area contributed by atoms with Crippen LogP contribution in [0.1, 0.15) is 27.7 Å². The van der Waals surface area contributed by atoms with E-state index in [2.05, 4.69) is 0 Å². The van der Waals surface area contributed by atoms with Crippen molar-refractivity contribution < 1.29 is 9.84 Å². The van der Waals surface area contributed by atoms with E-state index in [0.29, 0.717) is 0 Å². The molecule has 0 aromatic carbocycles. The van der Waals surface area contributed by atoms with Gasteiger partial charge in [-0.25, -0.2) is 0 Å². The molecular formula is C10H25NO2. The van der Waals surface area contributed by atoms with Crippen molar-refractivity contribution in [2.75, 3.05) is 27.7 Å². The van der Waals surface area contributed by atoms with Gasteiger partial charge in [0.15, 0.2) is 0 Å². The number of rotatable bonds is 4. The van der Waals surface area contributed by atoms with Crippen LogP contribution in [0.15, 0.2) is 0 Å². The standard InChI is InChI=1S/C8H19NO2.C2H6/c1-8(2,10)7(11-5)6-9(3)4;1-2/h7,10H,6H2,1-5H3;1-2H3. The van der Waals surface area contributed by atoms with Gasteiger partial charge in [-0.05, 0) is 27.9 Å². The Morgan fingerprint density at radius 3 is 1.77 bits per heavy atom. The van der Waals surface area contributed by atoms with Crippen molar-refractivity contribution in [2.45, 2.75) is 39.4 Å². The summed E-state index contributed by atoms with van der Waals surface area (Å²) in [5.74, 6) is 0. The van der Waals surface area contributed by atoms with Gasteiger partial charge in [0.2, 0.25) is 0 Å². The lowest BCUT2D eigenvalue weighted by atomic mass is 10.0. The van der Waals surface area contributed by atoms with Crippen molar-refractivity contribution in [3.63, 3.8) is 0 Å². The molecule has 1 unspecified atom stereocenters. The molecule has 0 aliphatic heterocycles. The number of hydrogen-bond donors (Lipinski definition) is 1. The van der Waals surface area contributed by atoms with Gasteiger partial charge in [-0.3, -0.25) is 0 Å². The van der Waals surface area contributed by atoms with Crippen LogP contribution in [0, 0.1) is 0 Å². The van der Waals surface area contributed by atoms with Crippen molar-refractivity contribution in [1.29, 1.82) is 0 Å². The number of ether oxygens (including phenoxy) is 1. The molecule has 0 heterocycles. The first kappa shape index (κ1) is 15.4. The summed E-state index contributed by atoms with van der Waals surface area (Å²) in [4.78, 5) is 1.99. The summed E-state index contributed by atoms with van der Waals surface area (Å²) in [6, 6.07) is 0. The molecule has 0 aliphatic rings. The Bertz CT molecular complexity index is 108. The van der Waals surface area contributed by atoms with E-state index in [-0.39, 0.29) is 6.10 Å². The van der Waals surface area contributed by atoms with Crippen molar-refractivity contribution in [3.8, 4) is 0 Å². The van der Waals surface area contributed by atoms with Gasteiger partial charge in [0.05, 0.1) is 11.7 Å². The molecule has 0 bridgehead atoms. The van der Waals surface area contributed by atoms with Crippen molar-refractivity contribution in [1.82, 2.24) is 4.90 Å². The molecule has 82 valence electrons. The highest BCUT2D eigenvalue weighted by atomic mass is 16.5. The smallest absolute Gasteiger partial charge is 0.0978 e. The summed E-state index contributed by atoms with van der Waals surface area (Å²) in [6.07, 6.45) is -0.127. The highest BCUT2D eigenvalue weighted by Crippen LogP contribution is 2.11. The summed E-state index contributed by atoms with van der Waals surface area (Å²) < 4.78 is 5.13. The fourth-order valence-corrected chi connectivity index (χ4v) is 0.918. The third kappa shape index (κ3) is 8.22. The number of likely N-dealkylation sites (N-methyl/N-ethyl adjacent to an activating group) is 1. The normalized spacial score (nSPS) is 13.6. The van der Waals surface area contributed by atoms with E-state index in [1.54, 1.807) is 21.0 Å². The minimum Gasteiger partial charge on any atom is -0.388 e. The number of hydrogen-bond acceptors (Lipinski definition) is 3. The Hall–Kier alpha value is -0.120. The molecule has 1 atom stereocenters. The van der Waals surface area contributed by atoms with Crippen molar-refractivity contribution in [3.05, 3.63) is 0 Å². The van der Waals surface area contributed by atoms with Gasteiger partial charge in [0.25, 0.3) is 0 Å². The van der Waals surface area contributed by atoms with Crippen LogP contribution in [0.2, 0.25) is 0 Å². The molecule has 0 spiro atoms. The molecule has 3 nitrogen and oxygen atoms in total. The van der Waals surface area contributed by atoms with Crippen LogP contribution < -0.4 is 0 Å². The molecular weight excluding hydrogens is 166 g/mol. The van der Waals surface area contributed by atoms with Crippen molar-refractivity contribution in [2.24, 2.45) is 0 Å². The Balaban J connectivity index is 0. The molecule has 0 aromatic heterocycles. The van der Waals surface area contributed by atoms with E-state index in [9.17, 15) is 5.11 Å². The van der Waals surface area contributed by atoms with E-state index >= 15 is 0 Å². The summed E-state index contributed by atoms with van der Waals surface area (Å²) >= 11 is 0. The van der Waals surface area contributed by atoms with Gasteiger partial charge >= 0.3 is 0 Å². The Labute approximate surface area is 82.7 Å². The molecule has 1 N–H and O–H groups in total. The predicted octanol–water partition coefficient (Wildman–Crippen LogP) is 1.36. The van der Waals surface area contributed by atoms with Crippen LogP contribution in [0.4, 0.5) is 0 Å². The number of nitrogens with zero attached hydrogens (tertiary/aromatic N) is 1. The van der Waals surface area contributed by atoms with Crippen LogP contribution in [0.5, 0.6) is 0 Å². The van der Waals surface area contributed by atoms with Crippen molar-refractivity contribution >= 4 is 0 Å². The van der Waals surface area contributed by atoms with Gasteiger partial charge in [0.1, 0.15) is 0 Å². The van der Waals surface area contributed by atoms with Crippen LogP contribution in [0.25, 0.3) is 0 Å². The predicted molar refractivity (Wildman–Crippen MR) is 57.0 cm³/mol. The second-order valence-electron chi connectivity index (χ2n) is 3.64. The summed E-state index contributed by atoms with van der Waals surface area (Å²) in [5.41, 5.74) is -0.765. The second kappa shape index (κ2) is 7.30. The lowest BCUT2D eigenvalue weighted by Crippen LogP contribution is -2.44. The average Bonchev–Trinajstić information content (AvgIpc) is 2.01. The molecule has 0 radical (unpaired) electrons. The zero-order valence-electron chi connectivity index (χ0n) is 10.1. The lowest BCUT2D eigenvalue weighted by molar-refractivity contribution is -0.0779. The van der Waals surface area contributed by atoms with Gasteiger partial charge in [-0.2, -0.15) is 0 Å². The first-order chi connectivity index (χ1) is 5.88. The van der Waals surface area contributed by atoms with Gasteiger partial charge in [-0.1, -0.05) is 13.8 Å². The highest BCUT2D eigenvalue weighted by Gasteiger charge is 2.26. The fraction of sp³-hybridized carbons (Fsp3) is 1.00. The monoisotopic (exact) mass is 191 g/mol. The quantitative estimate of drug-likeness (QED) is 0.728. The summed E-state index contributed by atoms with van der Waals surface area (Å²) in [5, 5.41) is 9.57. The average molecular weight is 191 g/mol. The number of methoxy groups -OCH3 is 1. The topological polar surface area (TPSA) is 32.7 Å². The third-order valence-electron chi connectivity index (χ3n) is 1.60. The molecule has 13 heavy (non-hydrogen) atoms. The zero-order chi connectivity index (χ0) is 11.1. The molecule has 0 rings (SSSR count). The molecule has 0 saturated carbocycles. The lowest BCUT2D eigenvalue weighted by Gasteiger charge is -2.30. The Kier molecular flexibility index (Phi) is 8.62. The molecule has 0 saturated heterocycles. The molecule has 0 fully saturated rings. The molecule has 0 amide bonds. The largest absolute Gasteiger partial charge is 0.388 e. The number of aliphatic hydroxyl groups is 1. The SMILES string of the molecule is CC.COC(CN(C)C)C(C)(C)O. The summed E-state index contributed by atoms with van der Waals surface area (Å²) in [7, 11) is 5.53. The van der Waals surface area contributed by atoms with Crippen LogP contribution >= 0.6 is 0 Å². The maximum absolute atomic E-state index is 9.57. The Morgan fingerprint density at radius 1 is 1.31 bits per heavy atom. The summed E-state index contributed by atoms with van der Waals surface area (Å²) in [6.45, 7) is 8.25. The minimum atomic E-state index is -0.765. The van der Waals surface area contributed by atoms with E-state index in [1.165, 1.54) is 0 Å². The maximum Gasteiger partial charge on any atom is 0.0978 e. The second-order valence-corrected chi connectivity index (χ2v) is 3.64. The Morgan fingerprint density at radius 2 is 1.69 bits per heavy atom. The molecule has 0 aromatic rings. The third-order valence-corrected chi connectivity index (χ3v) is 1.60. The van der Waals surface area contributed by atoms with Gasteiger partial charge in [-0.15, -0.1) is 0 Å². The van der Waals surface area contributed by atoms with Crippen LogP contribution in [-0.2, 0) is 4.74 Å².